The molecule has 0 radical (unpaired) electrons. The first kappa shape index (κ1) is 21.8. The maximum Gasteiger partial charge on any atom is 0.123 e. The molecule has 176 valence electrons. The van der Waals surface area contributed by atoms with Crippen LogP contribution in [0.1, 0.15) is 35.3 Å². The lowest BCUT2D eigenvalue weighted by atomic mass is 10.00. The van der Waals surface area contributed by atoms with Crippen molar-refractivity contribution in [2.24, 2.45) is 0 Å². The summed E-state index contributed by atoms with van der Waals surface area (Å²) in [5.41, 5.74) is 6.63. The van der Waals surface area contributed by atoms with E-state index in [9.17, 15) is 5.11 Å². The quantitative estimate of drug-likeness (QED) is 0.364. The Balaban J connectivity index is 1.28. The van der Waals surface area contributed by atoms with Crippen molar-refractivity contribution in [2.45, 2.75) is 32.7 Å². The molecule has 1 N–H and O–H groups in total. The fraction of sp³-hybridized carbons (Fsp3) is 0.233. The number of aryl methyl sites for hydroxylation is 1. The SMILES string of the molecule is CCn1c2ccccc2c2cc(CN3CCOc4ccc(C(O)c5cccnc5)cc4C3)ccc21. The van der Waals surface area contributed by atoms with Gasteiger partial charge in [0.05, 0.1) is 0 Å². The van der Waals surface area contributed by atoms with E-state index >= 15 is 0 Å². The molecule has 5 nitrogen and oxygen atoms in total. The summed E-state index contributed by atoms with van der Waals surface area (Å²) in [7, 11) is 0. The second-order valence-electron chi connectivity index (χ2n) is 9.23. The highest BCUT2D eigenvalue weighted by atomic mass is 16.5. The van der Waals surface area contributed by atoms with Crippen LogP contribution >= 0.6 is 0 Å². The number of hydrogen-bond acceptors (Lipinski definition) is 4. The van der Waals surface area contributed by atoms with E-state index in [0.717, 1.165) is 48.6 Å². The van der Waals surface area contributed by atoms with Crippen molar-refractivity contribution >= 4 is 21.8 Å². The summed E-state index contributed by atoms with van der Waals surface area (Å²) in [6.45, 7) is 6.28. The van der Waals surface area contributed by atoms with Crippen LogP contribution in [-0.2, 0) is 19.6 Å². The Morgan fingerprint density at radius 3 is 2.69 bits per heavy atom. The monoisotopic (exact) mass is 463 g/mol. The number of benzene rings is 3. The predicted molar refractivity (Wildman–Crippen MR) is 139 cm³/mol. The molecule has 5 heteroatoms. The van der Waals surface area contributed by atoms with Gasteiger partial charge in [0.1, 0.15) is 18.5 Å². The molecule has 0 amide bonds. The van der Waals surface area contributed by atoms with Gasteiger partial charge in [0.25, 0.3) is 0 Å². The summed E-state index contributed by atoms with van der Waals surface area (Å²) in [4.78, 5) is 6.57. The maximum absolute atomic E-state index is 10.9. The zero-order chi connectivity index (χ0) is 23.8. The van der Waals surface area contributed by atoms with Gasteiger partial charge in [0, 0.05) is 71.5 Å². The first-order valence-electron chi connectivity index (χ1n) is 12.3. The Morgan fingerprint density at radius 1 is 0.943 bits per heavy atom. The van der Waals surface area contributed by atoms with Gasteiger partial charge in [-0.15, -0.1) is 0 Å². The van der Waals surface area contributed by atoms with Crippen molar-refractivity contribution in [3.05, 3.63) is 107 Å². The van der Waals surface area contributed by atoms with Gasteiger partial charge >= 0.3 is 0 Å². The Labute approximate surface area is 205 Å². The second-order valence-corrected chi connectivity index (χ2v) is 9.23. The van der Waals surface area contributed by atoms with Gasteiger partial charge in [-0.25, -0.2) is 0 Å². The average molecular weight is 464 g/mol. The molecule has 1 aliphatic rings. The summed E-state index contributed by atoms with van der Waals surface area (Å²) in [5, 5.41) is 13.5. The van der Waals surface area contributed by atoms with Crippen LogP contribution in [0.4, 0.5) is 0 Å². The Morgan fingerprint density at radius 2 is 1.83 bits per heavy atom. The smallest absolute Gasteiger partial charge is 0.123 e. The van der Waals surface area contributed by atoms with Crippen molar-refractivity contribution < 1.29 is 9.84 Å². The third kappa shape index (κ3) is 4.07. The third-order valence-electron chi connectivity index (χ3n) is 7.02. The van der Waals surface area contributed by atoms with E-state index in [1.807, 2.05) is 24.3 Å². The van der Waals surface area contributed by atoms with E-state index in [0.29, 0.717) is 6.61 Å². The lowest BCUT2D eigenvalue weighted by Crippen LogP contribution is -2.25. The number of aromatic nitrogens is 2. The molecule has 3 heterocycles. The van der Waals surface area contributed by atoms with Gasteiger partial charge in [-0.2, -0.15) is 0 Å². The molecule has 0 fully saturated rings. The number of pyridine rings is 1. The number of ether oxygens (including phenoxy) is 1. The lowest BCUT2D eigenvalue weighted by Gasteiger charge is -2.20. The fourth-order valence-corrected chi connectivity index (χ4v) is 5.30. The molecule has 2 aromatic heterocycles. The molecule has 1 aliphatic heterocycles. The molecular formula is C30H29N3O2. The predicted octanol–water partition coefficient (Wildman–Crippen LogP) is 5.69. The van der Waals surface area contributed by atoms with Crippen molar-refractivity contribution in [3.8, 4) is 5.75 Å². The highest BCUT2D eigenvalue weighted by Crippen LogP contribution is 2.32. The minimum absolute atomic E-state index is 0.648. The van der Waals surface area contributed by atoms with E-state index in [1.54, 1.807) is 12.4 Å². The van der Waals surface area contributed by atoms with Crippen molar-refractivity contribution in [3.63, 3.8) is 0 Å². The summed E-state index contributed by atoms with van der Waals surface area (Å²) < 4.78 is 8.45. The van der Waals surface area contributed by atoms with Crippen molar-refractivity contribution in [2.75, 3.05) is 13.2 Å². The Hall–Kier alpha value is -3.67. The summed E-state index contributed by atoms with van der Waals surface area (Å²) in [6, 6.07) is 25.3. The van der Waals surface area contributed by atoms with E-state index in [1.165, 1.54) is 27.4 Å². The molecule has 0 aliphatic carbocycles. The number of aliphatic hydroxyl groups is 1. The molecule has 1 unspecified atom stereocenters. The van der Waals surface area contributed by atoms with Crippen LogP contribution in [0.5, 0.6) is 5.75 Å². The number of para-hydroxylation sites is 1. The number of rotatable bonds is 5. The highest BCUT2D eigenvalue weighted by Gasteiger charge is 2.19. The largest absolute Gasteiger partial charge is 0.492 e. The molecule has 0 saturated carbocycles. The summed E-state index contributed by atoms with van der Waals surface area (Å²) in [5.74, 6) is 0.899. The minimum Gasteiger partial charge on any atom is -0.492 e. The standard InChI is InChI=1S/C30H29N3O2/c1-2-33-27-8-4-3-7-25(27)26-16-21(9-11-28(26)33)19-32-14-15-35-29-12-10-22(17-24(29)20-32)30(34)23-6-5-13-31-18-23/h3-13,16-18,30,34H,2,14-15,19-20H2,1H3. The van der Waals surface area contributed by atoms with Crippen LogP contribution in [0, 0.1) is 0 Å². The number of aliphatic hydroxyl groups excluding tert-OH is 1. The van der Waals surface area contributed by atoms with Gasteiger partial charge < -0.3 is 14.4 Å². The minimum atomic E-state index is -0.705. The van der Waals surface area contributed by atoms with Crippen LogP contribution in [-0.4, -0.2) is 32.7 Å². The number of fused-ring (bicyclic) bond motifs is 4. The zero-order valence-corrected chi connectivity index (χ0v) is 19.9. The van der Waals surface area contributed by atoms with E-state index in [4.69, 9.17) is 4.74 Å². The summed E-state index contributed by atoms with van der Waals surface area (Å²) >= 11 is 0. The topological polar surface area (TPSA) is 50.5 Å². The maximum atomic E-state index is 10.9. The molecule has 6 rings (SSSR count). The molecule has 35 heavy (non-hydrogen) atoms. The Kier molecular flexibility index (Phi) is 5.72. The fourth-order valence-electron chi connectivity index (χ4n) is 5.30. The lowest BCUT2D eigenvalue weighted by molar-refractivity contribution is 0.218. The van der Waals surface area contributed by atoms with E-state index in [2.05, 4.69) is 69.9 Å². The first-order chi connectivity index (χ1) is 17.2. The van der Waals surface area contributed by atoms with Crippen LogP contribution in [0.2, 0.25) is 0 Å². The Bertz CT molecular complexity index is 1490. The van der Waals surface area contributed by atoms with Crippen LogP contribution < -0.4 is 4.74 Å². The van der Waals surface area contributed by atoms with E-state index in [-0.39, 0.29) is 0 Å². The van der Waals surface area contributed by atoms with Gasteiger partial charge in [-0.05, 0) is 54.4 Å². The van der Waals surface area contributed by atoms with Gasteiger partial charge in [0.15, 0.2) is 0 Å². The third-order valence-corrected chi connectivity index (χ3v) is 7.02. The second kappa shape index (κ2) is 9.17. The highest BCUT2D eigenvalue weighted by molar-refractivity contribution is 6.08. The normalized spacial score (nSPS) is 15.0. The number of hydrogen-bond donors (Lipinski definition) is 1. The molecule has 5 aromatic rings. The molecule has 0 bridgehead atoms. The van der Waals surface area contributed by atoms with Gasteiger partial charge in [0.2, 0.25) is 0 Å². The molecule has 0 spiro atoms. The molecule has 1 atom stereocenters. The summed E-state index contributed by atoms with van der Waals surface area (Å²) in [6.07, 6.45) is 2.73. The van der Waals surface area contributed by atoms with E-state index < -0.39 is 6.10 Å². The molecule has 0 saturated heterocycles. The van der Waals surface area contributed by atoms with Crippen LogP contribution in [0.3, 0.4) is 0 Å². The van der Waals surface area contributed by atoms with Crippen LogP contribution in [0.15, 0.2) is 85.2 Å². The number of nitrogens with zero attached hydrogens (tertiary/aromatic N) is 3. The van der Waals surface area contributed by atoms with Crippen molar-refractivity contribution in [1.82, 2.24) is 14.5 Å². The van der Waals surface area contributed by atoms with Crippen LogP contribution in [0.25, 0.3) is 21.8 Å². The molecule has 3 aromatic carbocycles. The first-order valence-corrected chi connectivity index (χ1v) is 12.3. The average Bonchev–Trinajstić information content (AvgIpc) is 3.07. The van der Waals surface area contributed by atoms with Crippen molar-refractivity contribution in [1.29, 1.82) is 0 Å². The van der Waals surface area contributed by atoms with Gasteiger partial charge in [-0.1, -0.05) is 36.4 Å². The zero-order valence-electron chi connectivity index (χ0n) is 19.9. The van der Waals surface area contributed by atoms with Gasteiger partial charge in [-0.3, -0.25) is 9.88 Å². The molecular weight excluding hydrogens is 434 g/mol.